The van der Waals surface area contributed by atoms with E-state index in [1.54, 1.807) is 0 Å². The van der Waals surface area contributed by atoms with E-state index < -0.39 is 0 Å². The zero-order valence-electron chi connectivity index (χ0n) is 8.95. The first kappa shape index (κ1) is 10.9. The van der Waals surface area contributed by atoms with Crippen LogP contribution in [0.2, 0.25) is 0 Å². The van der Waals surface area contributed by atoms with Gasteiger partial charge in [0.2, 0.25) is 0 Å². The van der Waals surface area contributed by atoms with Gasteiger partial charge < -0.3 is 0 Å². The molecule has 1 aliphatic heterocycles. The minimum atomic E-state index is 0.606. The van der Waals surface area contributed by atoms with Gasteiger partial charge in [0.15, 0.2) is 0 Å². The maximum Gasteiger partial charge on any atom is 0.0311 e. The fourth-order valence-corrected chi connectivity index (χ4v) is 2.00. The normalized spacial score (nSPS) is 19.4. The third-order valence-corrected chi connectivity index (χ3v) is 3.34. The molecular weight excluding hydrogens is 178 g/mol. The molecule has 0 aromatic heterocycles. The summed E-state index contributed by atoms with van der Waals surface area (Å²) in [6.45, 7) is 10.1. The lowest BCUT2D eigenvalue weighted by Gasteiger charge is -2.24. The van der Waals surface area contributed by atoms with Crippen molar-refractivity contribution in [1.29, 1.82) is 0 Å². The molecule has 0 fully saturated rings. The zero-order chi connectivity index (χ0) is 9.84. The Bertz CT molecular complexity index is 216. The van der Waals surface area contributed by atoms with Crippen LogP contribution in [0.15, 0.2) is 23.1 Å². The predicted molar refractivity (Wildman–Crippen MR) is 61.5 cm³/mol. The van der Waals surface area contributed by atoms with E-state index in [1.807, 2.05) is 11.9 Å². The molecule has 0 N–H and O–H groups in total. The second kappa shape index (κ2) is 4.87. The fraction of sp³-hybridized carbons (Fsp3) is 0.636. The second-order valence-corrected chi connectivity index (χ2v) is 4.95. The molecule has 0 atom stereocenters. The van der Waals surface area contributed by atoms with Crippen LogP contribution in [-0.2, 0) is 0 Å². The summed E-state index contributed by atoms with van der Waals surface area (Å²) >= 11 is 1.81. The predicted octanol–water partition coefficient (Wildman–Crippen LogP) is 3.45. The molecule has 1 heterocycles. The molecule has 0 saturated carbocycles. The highest BCUT2D eigenvalue weighted by Gasteiger charge is 2.14. The first-order chi connectivity index (χ1) is 6.11. The van der Waals surface area contributed by atoms with E-state index in [2.05, 4.69) is 49.6 Å². The number of rotatable bonds is 2. The summed E-state index contributed by atoms with van der Waals surface area (Å²) in [6, 6.07) is 0.606. The maximum atomic E-state index is 2.41. The van der Waals surface area contributed by atoms with Crippen LogP contribution in [0, 0.1) is 5.92 Å². The van der Waals surface area contributed by atoms with E-state index in [0.717, 1.165) is 6.54 Å². The lowest BCUT2D eigenvalue weighted by molar-refractivity contribution is 0.415. The largest absolute Gasteiger partial charge is 0.240 e. The Morgan fingerprint density at radius 3 is 2.54 bits per heavy atom. The van der Waals surface area contributed by atoms with Gasteiger partial charge in [-0.15, -0.1) is 0 Å². The van der Waals surface area contributed by atoms with Crippen LogP contribution in [0.1, 0.15) is 27.7 Å². The number of hydrogen-bond donors (Lipinski definition) is 0. The first-order valence-corrected chi connectivity index (χ1v) is 5.74. The van der Waals surface area contributed by atoms with Crippen molar-refractivity contribution in [3.63, 3.8) is 0 Å². The van der Waals surface area contributed by atoms with Crippen molar-refractivity contribution in [3.05, 3.63) is 23.1 Å². The van der Waals surface area contributed by atoms with Crippen molar-refractivity contribution in [2.24, 2.45) is 5.92 Å². The summed E-state index contributed by atoms with van der Waals surface area (Å²) in [7, 11) is 0. The molecule has 1 aliphatic rings. The molecule has 1 nitrogen and oxygen atoms in total. The molecule has 0 bridgehead atoms. The Labute approximate surface area is 86.0 Å². The van der Waals surface area contributed by atoms with Crippen molar-refractivity contribution in [2.75, 3.05) is 6.54 Å². The van der Waals surface area contributed by atoms with Crippen molar-refractivity contribution < 1.29 is 0 Å². The van der Waals surface area contributed by atoms with Crippen LogP contribution in [0.5, 0.6) is 0 Å². The van der Waals surface area contributed by atoms with Crippen molar-refractivity contribution in [1.82, 2.24) is 4.31 Å². The van der Waals surface area contributed by atoms with Gasteiger partial charge in [-0.2, -0.15) is 0 Å². The highest BCUT2D eigenvalue weighted by Crippen LogP contribution is 2.23. The lowest BCUT2D eigenvalue weighted by Crippen LogP contribution is -2.26. The Morgan fingerprint density at radius 2 is 2.00 bits per heavy atom. The van der Waals surface area contributed by atoms with Crippen LogP contribution in [0.4, 0.5) is 0 Å². The molecular formula is C11H19NS. The van der Waals surface area contributed by atoms with E-state index in [9.17, 15) is 0 Å². The van der Waals surface area contributed by atoms with Crippen LogP contribution >= 0.6 is 11.9 Å². The Hall–Kier alpha value is -0.210. The summed E-state index contributed by atoms with van der Waals surface area (Å²) in [5, 5.41) is 2.16. The van der Waals surface area contributed by atoms with Gasteiger partial charge >= 0.3 is 0 Å². The molecule has 0 spiro atoms. The highest BCUT2D eigenvalue weighted by atomic mass is 32.2. The molecule has 0 saturated heterocycles. The topological polar surface area (TPSA) is 3.24 Å². The van der Waals surface area contributed by atoms with Gasteiger partial charge in [-0.05, 0) is 37.1 Å². The van der Waals surface area contributed by atoms with Gasteiger partial charge in [-0.1, -0.05) is 31.6 Å². The molecule has 74 valence electrons. The Balaban J connectivity index is 2.67. The zero-order valence-corrected chi connectivity index (χ0v) is 9.77. The molecule has 0 aromatic carbocycles. The molecule has 0 amide bonds. The van der Waals surface area contributed by atoms with Crippen molar-refractivity contribution in [2.45, 2.75) is 33.7 Å². The van der Waals surface area contributed by atoms with E-state index in [-0.39, 0.29) is 0 Å². The van der Waals surface area contributed by atoms with E-state index in [0.29, 0.717) is 12.0 Å². The van der Waals surface area contributed by atoms with Gasteiger partial charge in [0.25, 0.3) is 0 Å². The van der Waals surface area contributed by atoms with Gasteiger partial charge in [-0.3, -0.25) is 0 Å². The van der Waals surface area contributed by atoms with E-state index in [4.69, 9.17) is 0 Å². The number of allylic oxidation sites excluding steroid dienone is 2. The van der Waals surface area contributed by atoms with Crippen LogP contribution < -0.4 is 0 Å². The number of hydrogen-bond acceptors (Lipinski definition) is 2. The summed E-state index contributed by atoms with van der Waals surface area (Å²) in [6.07, 6.45) is 4.41. The Morgan fingerprint density at radius 1 is 1.31 bits per heavy atom. The van der Waals surface area contributed by atoms with Gasteiger partial charge in [-0.25, -0.2) is 4.31 Å². The standard InChI is InChI=1S/C11H19NS/c1-9(2)11-6-5-7-13-12(8-11)10(3)4/h5-7,9-10H,8H2,1-4H3. The minimum Gasteiger partial charge on any atom is -0.240 e. The van der Waals surface area contributed by atoms with Crippen LogP contribution in [0.3, 0.4) is 0 Å². The average Bonchev–Trinajstić information content (AvgIpc) is 2.28. The van der Waals surface area contributed by atoms with E-state index in [1.165, 1.54) is 5.57 Å². The summed E-state index contributed by atoms with van der Waals surface area (Å²) in [5.41, 5.74) is 1.52. The van der Waals surface area contributed by atoms with Crippen LogP contribution in [-0.4, -0.2) is 16.9 Å². The first-order valence-electron chi connectivity index (χ1n) is 4.90. The molecule has 1 rings (SSSR count). The molecule has 0 radical (unpaired) electrons. The molecule has 0 aliphatic carbocycles. The summed E-state index contributed by atoms with van der Waals surface area (Å²) < 4.78 is 2.41. The third-order valence-electron chi connectivity index (χ3n) is 2.24. The lowest BCUT2D eigenvalue weighted by atomic mass is 10.0. The van der Waals surface area contributed by atoms with Crippen LogP contribution in [0.25, 0.3) is 0 Å². The maximum absolute atomic E-state index is 2.41. The molecule has 0 unspecified atom stereocenters. The van der Waals surface area contributed by atoms with Gasteiger partial charge in [0, 0.05) is 12.6 Å². The van der Waals surface area contributed by atoms with Gasteiger partial charge in [0.05, 0.1) is 0 Å². The van der Waals surface area contributed by atoms with Crippen molar-refractivity contribution >= 4 is 11.9 Å². The third kappa shape index (κ3) is 3.20. The molecule has 2 heteroatoms. The smallest absolute Gasteiger partial charge is 0.0311 e. The summed E-state index contributed by atoms with van der Waals surface area (Å²) in [4.78, 5) is 0. The fourth-order valence-electron chi connectivity index (χ4n) is 1.23. The monoisotopic (exact) mass is 197 g/mol. The number of nitrogens with zero attached hydrogens (tertiary/aromatic N) is 1. The van der Waals surface area contributed by atoms with Crippen molar-refractivity contribution in [3.8, 4) is 0 Å². The molecule has 13 heavy (non-hydrogen) atoms. The highest BCUT2D eigenvalue weighted by molar-refractivity contribution is 7.99. The molecule has 0 aromatic rings. The summed E-state index contributed by atoms with van der Waals surface area (Å²) in [5.74, 6) is 0.657. The minimum absolute atomic E-state index is 0.606. The quantitative estimate of drug-likeness (QED) is 0.624. The average molecular weight is 197 g/mol. The van der Waals surface area contributed by atoms with Gasteiger partial charge in [0.1, 0.15) is 0 Å². The second-order valence-electron chi connectivity index (χ2n) is 4.00. The Kier molecular flexibility index (Phi) is 4.07. The van der Waals surface area contributed by atoms with E-state index >= 15 is 0 Å². The SMILES string of the molecule is CC(C)C1=CC=CSN(C(C)C)C1.